The standard InChI is InChI=1S/C14H10BrF2NO/c1-8-10(3-2-4-11(8)15)14(19)18-13-6-5-9(16)7-12(13)17/h2-7H,1H3,(H,18,19). The van der Waals surface area contributed by atoms with E-state index in [9.17, 15) is 13.6 Å². The predicted molar refractivity (Wildman–Crippen MR) is 73.2 cm³/mol. The highest BCUT2D eigenvalue weighted by atomic mass is 79.9. The Morgan fingerprint density at radius 2 is 1.95 bits per heavy atom. The van der Waals surface area contributed by atoms with Gasteiger partial charge in [-0.15, -0.1) is 0 Å². The van der Waals surface area contributed by atoms with E-state index in [-0.39, 0.29) is 5.69 Å². The van der Waals surface area contributed by atoms with Gasteiger partial charge in [-0.1, -0.05) is 22.0 Å². The number of carbonyl (C=O) groups is 1. The number of hydrogen-bond donors (Lipinski definition) is 1. The Kier molecular flexibility index (Phi) is 3.95. The average Bonchev–Trinajstić information content (AvgIpc) is 2.36. The van der Waals surface area contributed by atoms with Gasteiger partial charge in [0.1, 0.15) is 11.6 Å². The summed E-state index contributed by atoms with van der Waals surface area (Å²) < 4.78 is 27.0. The van der Waals surface area contributed by atoms with Gasteiger partial charge >= 0.3 is 0 Å². The minimum atomic E-state index is -0.805. The molecule has 2 aromatic rings. The molecule has 98 valence electrons. The predicted octanol–water partition coefficient (Wildman–Crippen LogP) is 4.29. The Morgan fingerprint density at radius 3 is 2.63 bits per heavy atom. The van der Waals surface area contributed by atoms with Crippen LogP contribution in [0.1, 0.15) is 15.9 Å². The second-order valence-corrected chi connectivity index (χ2v) is 4.85. The Hall–Kier alpha value is -1.75. The maximum absolute atomic E-state index is 13.4. The molecule has 0 fully saturated rings. The molecular weight excluding hydrogens is 316 g/mol. The SMILES string of the molecule is Cc1c(Br)cccc1C(=O)Nc1ccc(F)cc1F. The highest BCUT2D eigenvalue weighted by molar-refractivity contribution is 9.10. The van der Waals surface area contributed by atoms with Crippen molar-refractivity contribution in [2.24, 2.45) is 0 Å². The molecule has 0 saturated carbocycles. The van der Waals surface area contributed by atoms with Crippen LogP contribution >= 0.6 is 15.9 Å². The molecule has 0 spiro atoms. The Bertz CT molecular complexity index is 643. The van der Waals surface area contributed by atoms with Gasteiger partial charge in [0.15, 0.2) is 0 Å². The fraction of sp³-hybridized carbons (Fsp3) is 0.0714. The first-order valence-electron chi connectivity index (χ1n) is 5.50. The van der Waals surface area contributed by atoms with Crippen LogP contribution in [0.2, 0.25) is 0 Å². The number of rotatable bonds is 2. The van der Waals surface area contributed by atoms with Crippen LogP contribution in [0.25, 0.3) is 0 Å². The first kappa shape index (κ1) is 13.7. The van der Waals surface area contributed by atoms with E-state index in [1.807, 2.05) is 6.07 Å². The molecule has 5 heteroatoms. The first-order chi connectivity index (χ1) is 8.99. The second-order valence-electron chi connectivity index (χ2n) is 3.99. The average molecular weight is 326 g/mol. The van der Waals surface area contributed by atoms with Gasteiger partial charge in [-0.25, -0.2) is 8.78 Å². The molecule has 0 aliphatic rings. The van der Waals surface area contributed by atoms with Crippen molar-refractivity contribution in [2.45, 2.75) is 6.92 Å². The monoisotopic (exact) mass is 325 g/mol. The van der Waals surface area contributed by atoms with Crippen molar-refractivity contribution < 1.29 is 13.6 Å². The molecule has 19 heavy (non-hydrogen) atoms. The van der Waals surface area contributed by atoms with Gasteiger partial charge in [0, 0.05) is 16.1 Å². The zero-order valence-electron chi connectivity index (χ0n) is 10.0. The quantitative estimate of drug-likeness (QED) is 0.876. The summed E-state index contributed by atoms with van der Waals surface area (Å²) in [7, 11) is 0. The van der Waals surface area contributed by atoms with E-state index in [1.54, 1.807) is 19.1 Å². The summed E-state index contributed by atoms with van der Waals surface area (Å²) in [6.45, 7) is 1.78. The Balaban J connectivity index is 2.28. The molecule has 0 radical (unpaired) electrons. The van der Waals surface area contributed by atoms with Crippen LogP contribution in [-0.4, -0.2) is 5.91 Å². The zero-order valence-corrected chi connectivity index (χ0v) is 11.6. The van der Waals surface area contributed by atoms with E-state index in [4.69, 9.17) is 0 Å². The van der Waals surface area contributed by atoms with E-state index in [0.29, 0.717) is 5.56 Å². The van der Waals surface area contributed by atoms with Crippen molar-refractivity contribution in [3.8, 4) is 0 Å². The largest absolute Gasteiger partial charge is 0.319 e. The highest BCUT2D eigenvalue weighted by Gasteiger charge is 2.13. The van der Waals surface area contributed by atoms with Gasteiger partial charge in [0.05, 0.1) is 5.69 Å². The van der Waals surface area contributed by atoms with Gasteiger partial charge in [0.25, 0.3) is 5.91 Å². The third-order valence-corrected chi connectivity index (χ3v) is 3.55. The molecule has 0 bridgehead atoms. The van der Waals surface area contributed by atoms with Gasteiger partial charge < -0.3 is 5.32 Å². The van der Waals surface area contributed by atoms with Crippen LogP contribution in [-0.2, 0) is 0 Å². The van der Waals surface area contributed by atoms with Crippen molar-refractivity contribution in [2.75, 3.05) is 5.32 Å². The minimum absolute atomic E-state index is 0.0502. The third kappa shape index (κ3) is 2.98. The van der Waals surface area contributed by atoms with Crippen LogP contribution in [0.15, 0.2) is 40.9 Å². The Morgan fingerprint density at radius 1 is 1.21 bits per heavy atom. The number of benzene rings is 2. The van der Waals surface area contributed by atoms with Crippen molar-refractivity contribution in [3.63, 3.8) is 0 Å². The number of anilines is 1. The van der Waals surface area contributed by atoms with Crippen molar-refractivity contribution in [3.05, 3.63) is 63.6 Å². The minimum Gasteiger partial charge on any atom is -0.319 e. The van der Waals surface area contributed by atoms with E-state index in [0.717, 1.165) is 22.2 Å². The van der Waals surface area contributed by atoms with Crippen molar-refractivity contribution >= 4 is 27.5 Å². The summed E-state index contributed by atoms with van der Waals surface area (Å²) in [4.78, 5) is 12.0. The Labute approximate surface area is 117 Å². The summed E-state index contributed by atoms with van der Waals surface area (Å²) in [5.41, 5.74) is 1.13. The van der Waals surface area contributed by atoms with Crippen molar-refractivity contribution in [1.82, 2.24) is 0 Å². The lowest BCUT2D eigenvalue weighted by Crippen LogP contribution is -2.14. The second kappa shape index (κ2) is 5.48. The molecule has 0 aromatic heterocycles. The van der Waals surface area contributed by atoms with Crippen LogP contribution in [0.4, 0.5) is 14.5 Å². The lowest BCUT2D eigenvalue weighted by atomic mass is 10.1. The number of carbonyl (C=O) groups excluding carboxylic acids is 1. The van der Waals surface area contributed by atoms with Crippen LogP contribution in [0, 0.1) is 18.6 Å². The molecule has 1 amide bonds. The fourth-order valence-electron chi connectivity index (χ4n) is 1.63. The summed E-state index contributed by atoms with van der Waals surface area (Å²) >= 11 is 3.32. The summed E-state index contributed by atoms with van der Waals surface area (Å²) in [6, 6.07) is 8.17. The van der Waals surface area contributed by atoms with E-state index in [1.165, 1.54) is 6.07 Å². The number of halogens is 3. The molecule has 0 saturated heterocycles. The van der Waals surface area contributed by atoms with Gasteiger partial charge in [-0.05, 0) is 36.8 Å². The van der Waals surface area contributed by atoms with E-state index < -0.39 is 17.5 Å². The van der Waals surface area contributed by atoms with Gasteiger partial charge in [-0.3, -0.25) is 4.79 Å². The van der Waals surface area contributed by atoms with Gasteiger partial charge in [0.2, 0.25) is 0 Å². The number of amides is 1. The number of hydrogen-bond acceptors (Lipinski definition) is 1. The molecular formula is C14H10BrF2NO. The lowest BCUT2D eigenvalue weighted by Gasteiger charge is -2.09. The van der Waals surface area contributed by atoms with Crippen LogP contribution in [0.3, 0.4) is 0 Å². The third-order valence-electron chi connectivity index (χ3n) is 2.69. The molecule has 0 aliphatic carbocycles. The first-order valence-corrected chi connectivity index (χ1v) is 6.30. The number of nitrogens with one attached hydrogen (secondary N) is 1. The lowest BCUT2D eigenvalue weighted by molar-refractivity contribution is 0.102. The maximum atomic E-state index is 13.4. The molecule has 0 heterocycles. The molecule has 0 unspecified atom stereocenters. The molecule has 1 N–H and O–H groups in total. The van der Waals surface area contributed by atoms with Crippen LogP contribution in [0.5, 0.6) is 0 Å². The highest BCUT2D eigenvalue weighted by Crippen LogP contribution is 2.21. The summed E-state index contributed by atoms with van der Waals surface area (Å²) in [5, 5.41) is 2.42. The zero-order chi connectivity index (χ0) is 14.0. The van der Waals surface area contributed by atoms with E-state index >= 15 is 0 Å². The summed E-state index contributed by atoms with van der Waals surface area (Å²) in [6.07, 6.45) is 0. The molecule has 2 nitrogen and oxygen atoms in total. The van der Waals surface area contributed by atoms with Crippen LogP contribution < -0.4 is 5.32 Å². The molecule has 0 aliphatic heterocycles. The molecule has 0 atom stereocenters. The fourth-order valence-corrected chi connectivity index (χ4v) is 2.00. The van der Waals surface area contributed by atoms with Crippen molar-refractivity contribution in [1.29, 1.82) is 0 Å². The normalized spacial score (nSPS) is 10.3. The van der Waals surface area contributed by atoms with Gasteiger partial charge in [-0.2, -0.15) is 0 Å². The summed E-state index contributed by atoms with van der Waals surface area (Å²) in [5.74, 6) is -1.93. The topological polar surface area (TPSA) is 29.1 Å². The molecule has 2 rings (SSSR count). The maximum Gasteiger partial charge on any atom is 0.256 e. The molecule has 2 aromatic carbocycles. The van der Waals surface area contributed by atoms with E-state index in [2.05, 4.69) is 21.2 Å². The smallest absolute Gasteiger partial charge is 0.256 e.